The molecule has 3 rings (SSSR count). The number of amides is 1. The van der Waals surface area contributed by atoms with Crippen LogP contribution in [0.15, 0.2) is 36.4 Å². The molecule has 29 heavy (non-hydrogen) atoms. The Morgan fingerprint density at radius 3 is 2.45 bits per heavy atom. The van der Waals surface area contributed by atoms with Crippen molar-refractivity contribution < 1.29 is 14.7 Å². The first kappa shape index (κ1) is 20.5. The molecule has 3 aromatic rings. The third-order valence-electron chi connectivity index (χ3n) is 4.42. The summed E-state index contributed by atoms with van der Waals surface area (Å²) in [5.41, 5.74) is 3.43. The van der Waals surface area contributed by atoms with Crippen LogP contribution in [0.25, 0.3) is 10.7 Å². The lowest BCUT2D eigenvalue weighted by atomic mass is 10.1. The van der Waals surface area contributed by atoms with Gasteiger partial charge in [0, 0.05) is 24.0 Å². The first-order valence-corrected chi connectivity index (χ1v) is 10.0. The van der Waals surface area contributed by atoms with Crippen LogP contribution in [0.2, 0.25) is 0 Å². The Morgan fingerprint density at radius 1 is 1.10 bits per heavy atom. The normalized spacial score (nSPS) is 10.6. The van der Waals surface area contributed by atoms with Crippen LogP contribution in [0.4, 0.5) is 11.5 Å². The van der Waals surface area contributed by atoms with Crippen LogP contribution in [0.3, 0.4) is 0 Å². The van der Waals surface area contributed by atoms with Gasteiger partial charge in [0.1, 0.15) is 5.82 Å². The first-order valence-electron chi connectivity index (χ1n) is 9.18. The van der Waals surface area contributed by atoms with Crippen molar-refractivity contribution in [2.75, 3.05) is 12.4 Å². The molecule has 0 aliphatic carbocycles. The topological polar surface area (TPSA) is 104 Å². The molecule has 0 atom stereocenters. The van der Waals surface area contributed by atoms with Crippen LogP contribution < -0.4 is 10.6 Å². The van der Waals surface area contributed by atoms with E-state index in [0.29, 0.717) is 16.5 Å². The molecule has 0 radical (unpaired) electrons. The van der Waals surface area contributed by atoms with Gasteiger partial charge in [-0.25, -0.2) is 9.97 Å². The zero-order valence-corrected chi connectivity index (χ0v) is 17.3. The number of carboxylic acids is 1. The highest BCUT2D eigenvalue weighted by atomic mass is 32.1. The summed E-state index contributed by atoms with van der Waals surface area (Å²) in [6.07, 6.45) is 0.753. The fraction of sp³-hybridized carbons (Fsp3) is 0.238. The summed E-state index contributed by atoms with van der Waals surface area (Å²) in [5, 5.41) is 14.8. The number of nitrogens with zero attached hydrogens (tertiary/aromatic N) is 2. The minimum Gasteiger partial charge on any atom is -0.481 e. The van der Waals surface area contributed by atoms with Gasteiger partial charge in [0.05, 0.1) is 16.2 Å². The molecule has 150 valence electrons. The lowest BCUT2D eigenvalue weighted by molar-refractivity contribution is -0.136. The molecule has 8 heteroatoms. The van der Waals surface area contributed by atoms with E-state index < -0.39 is 5.97 Å². The smallest absolute Gasteiger partial charge is 0.307 e. The van der Waals surface area contributed by atoms with E-state index in [1.54, 1.807) is 25.2 Å². The average molecular weight is 410 g/mol. The molecule has 0 aliphatic heterocycles. The van der Waals surface area contributed by atoms with Crippen LogP contribution in [0.5, 0.6) is 0 Å². The summed E-state index contributed by atoms with van der Waals surface area (Å²) in [4.78, 5) is 33.4. The van der Waals surface area contributed by atoms with E-state index in [9.17, 15) is 9.59 Å². The van der Waals surface area contributed by atoms with Gasteiger partial charge in [-0.3, -0.25) is 9.59 Å². The molecule has 0 fully saturated rings. The van der Waals surface area contributed by atoms with E-state index in [1.165, 1.54) is 11.3 Å². The van der Waals surface area contributed by atoms with Crippen molar-refractivity contribution in [1.82, 2.24) is 15.3 Å². The number of hydrogen-bond donors (Lipinski definition) is 3. The molecule has 1 amide bonds. The lowest BCUT2D eigenvalue weighted by Gasteiger charge is -2.14. The second kappa shape index (κ2) is 8.83. The fourth-order valence-corrected chi connectivity index (χ4v) is 3.84. The molecule has 2 heterocycles. The van der Waals surface area contributed by atoms with Crippen molar-refractivity contribution in [2.45, 2.75) is 26.7 Å². The molecule has 7 nitrogen and oxygen atoms in total. The predicted molar refractivity (Wildman–Crippen MR) is 114 cm³/mol. The van der Waals surface area contributed by atoms with Crippen LogP contribution in [-0.4, -0.2) is 34.0 Å². The Bertz CT molecular complexity index is 1040. The van der Waals surface area contributed by atoms with E-state index in [0.717, 1.165) is 33.8 Å². The van der Waals surface area contributed by atoms with Gasteiger partial charge in [-0.1, -0.05) is 19.1 Å². The number of aromatic nitrogens is 2. The maximum atomic E-state index is 11.8. The van der Waals surface area contributed by atoms with Crippen LogP contribution in [0, 0.1) is 6.92 Å². The third kappa shape index (κ3) is 4.78. The number of carboxylic acid groups (broad SMARTS) is 1. The number of hydrogen-bond acceptors (Lipinski definition) is 6. The summed E-state index contributed by atoms with van der Waals surface area (Å²) < 4.78 is 0. The van der Waals surface area contributed by atoms with Gasteiger partial charge >= 0.3 is 5.97 Å². The maximum absolute atomic E-state index is 11.8. The Morgan fingerprint density at radius 2 is 1.83 bits per heavy atom. The molecule has 3 N–H and O–H groups in total. The molecule has 0 bridgehead atoms. The minimum absolute atomic E-state index is 0.0106. The van der Waals surface area contributed by atoms with Crippen molar-refractivity contribution >= 4 is 34.7 Å². The highest BCUT2D eigenvalue weighted by Gasteiger charge is 2.15. The number of rotatable bonds is 7. The van der Waals surface area contributed by atoms with E-state index in [-0.39, 0.29) is 12.3 Å². The van der Waals surface area contributed by atoms with E-state index in [2.05, 4.69) is 15.6 Å². The van der Waals surface area contributed by atoms with Gasteiger partial charge in [-0.15, -0.1) is 11.3 Å². The van der Waals surface area contributed by atoms with Gasteiger partial charge in [-0.05, 0) is 43.2 Å². The fourth-order valence-electron chi connectivity index (χ4n) is 2.95. The summed E-state index contributed by atoms with van der Waals surface area (Å²) in [6.45, 7) is 3.99. The Labute approximate surface area is 172 Å². The molecular formula is C21H22N4O3S. The number of benzene rings is 1. The zero-order valence-electron chi connectivity index (χ0n) is 16.4. The van der Waals surface area contributed by atoms with E-state index in [1.807, 2.05) is 32.0 Å². The van der Waals surface area contributed by atoms with Crippen molar-refractivity contribution in [3.63, 3.8) is 0 Å². The van der Waals surface area contributed by atoms with Gasteiger partial charge in [-0.2, -0.15) is 0 Å². The number of aliphatic carboxylic acids is 1. The quantitative estimate of drug-likeness (QED) is 0.547. The SMILES string of the molecule is CCc1c(C)nc(-c2ccc(C(=O)NC)s2)nc1Nc1ccc(CC(=O)O)cc1. The van der Waals surface area contributed by atoms with Crippen molar-refractivity contribution in [3.05, 3.63) is 58.1 Å². The summed E-state index contributed by atoms with van der Waals surface area (Å²) in [6, 6.07) is 10.9. The Hall–Kier alpha value is -3.26. The van der Waals surface area contributed by atoms with Crippen LogP contribution in [0.1, 0.15) is 33.4 Å². The third-order valence-corrected chi connectivity index (χ3v) is 5.50. The first-order chi connectivity index (χ1) is 13.9. The predicted octanol–water partition coefficient (Wildman–Crippen LogP) is 3.81. The van der Waals surface area contributed by atoms with Crippen molar-refractivity contribution in [1.29, 1.82) is 0 Å². The standard InChI is InChI=1S/C21H22N4O3S/c1-4-15-12(2)23-20(16-9-10-17(29-16)21(28)22-3)25-19(15)24-14-7-5-13(6-8-14)11-18(26)27/h5-10H,4,11H2,1-3H3,(H,22,28)(H,26,27)(H,23,24,25). The number of carbonyl (C=O) groups excluding carboxylic acids is 1. The van der Waals surface area contributed by atoms with Gasteiger partial charge in [0.2, 0.25) is 0 Å². The largest absolute Gasteiger partial charge is 0.481 e. The number of anilines is 2. The molecular weight excluding hydrogens is 388 g/mol. The Kier molecular flexibility index (Phi) is 6.23. The van der Waals surface area contributed by atoms with E-state index in [4.69, 9.17) is 10.1 Å². The van der Waals surface area contributed by atoms with Crippen LogP contribution in [-0.2, 0) is 17.6 Å². The molecule has 0 aliphatic rings. The molecule has 0 unspecified atom stereocenters. The number of thiophene rings is 1. The Balaban J connectivity index is 1.92. The number of aryl methyl sites for hydroxylation is 1. The van der Waals surface area contributed by atoms with Crippen LogP contribution >= 0.6 is 11.3 Å². The molecule has 0 spiro atoms. The molecule has 0 saturated heterocycles. The highest BCUT2D eigenvalue weighted by molar-refractivity contribution is 7.17. The molecule has 1 aromatic carbocycles. The minimum atomic E-state index is -0.859. The average Bonchev–Trinajstić information content (AvgIpc) is 3.18. The van der Waals surface area contributed by atoms with Crippen molar-refractivity contribution in [3.8, 4) is 10.7 Å². The molecule has 0 saturated carbocycles. The van der Waals surface area contributed by atoms with Gasteiger partial charge < -0.3 is 15.7 Å². The molecule has 2 aromatic heterocycles. The van der Waals surface area contributed by atoms with Gasteiger partial charge in [0.15, 0.2) is 5.82 Å². The second-order valence-electron chi connectivity index (χ2n) is 6.45. The summed E-state index contributed by atoms with van der Waals surface area (Å²) >= 11 is 1.34. The van der Waals surface area contributed by atoms with Crippen molar-refractivity contribution in [2.24, 2.45) is 0 Å². The number of nitrogens with one attached hydrogen (secondary N) is 2. The summed E-state index contributed by atoms with van der Waals surface area (Å²) in [7, 11) is 1.60. The zero-order chi connectivity index (χ0) is 21.0. The summed E-state index contributed by atoms with van der Waals surface area (Å²) in [5.74, 6) is 0.269. The van der Waals surface area contributed by atoms with Gasteiger partial charge in [0.25, 0.3) is 5.91 Å². The van der Waals surface area contributed by atoms with E-state index >= 15 is 0 Å². The maximum Gasteiger partial charge on any atom is 0.307 e. The monoisotopic (exact) mass is 410 g/mol. The lowest BCUT2D eigenvalue weighted by Crippen LogP contribution is -2.15. The second-order valence-corrected chi connectivity index (χ2v) is 7.53. The highest BCUT2D eigenvalue weighted by Crippen LogP contribution is 2.30. The number of carbonyl (C=O) groups is 2.